The Labute approximate surface area is 148 Å². The average Bonchev–Trinajstić information content (AvgIpc) is 3.22. The number of amides is 1. The smallest absolute Gasteiger partial charge is 0.293 e. The minimum atomic E-state index is -0.308. The maximum Gasteiger partial charge on any atom is 0.293 e. The summed E-state index contributed by atoms with van der Waals surface area (Å²) in [6, 6.07) is 15.0. The molecule has 2 heterocycles. The number of para-hydroxylation sites is 1. The zero-order chi connectivity index (χ0) is 17.2. The third-order valence-corrected chi connectivity index (χ3v) is 4.64. The van der Waals surface area contributed by atoms with Gasteiger partial charge in [0.1, 0.15) is 11.3 Å². The van der Waals surface area contributed by atoms with Gasteiger partial charge in [0.25, 0.3) is 5.91 Å². The van der Waals surface area contributed by atoms with Gasteiger partial charge in [-0.05, 0) is 36.8 Å². The Morgan fingerprint density at radius 3 is 2.96 bits per heavy atom. The van der Waals surface area contributed by atoms with Crippen molar-refractivity contribution in [1.29, 1.82) is 0 Å². The molecule has 0 saturated heterocycles. The molecule has 0 aliphatic carbocycles. The van der Waals surface area contributed by atoms with Crippen molar-refractivity contribution in [3.05, 3.63) is 54.3 Å². The SMILES string of the molecule is CCCOc1ccc2nc(NC(=O)c3cc4ccccc4o3)sc2c1. The fraction of sp³-hybridized carbons (Fsp3) is 0.158. The first kappa shape index (κ1) is 15.7. The van der Waals surface area contributed by atoms with E-state index in [1.165, 1.54) is 11.3 Å². The van der Waals surface area contributed by atoms with Gasteiger partial charge in [-0.1, -0.05) is 36.5 Å². The van der Waals surface area contributed by atoms with E-state index in [4.69, 9.17) is 9.15 Å². The van der Waals surface area contributed by atoms with Gasteiger partial charge in [-0.2, -0.15) is 0 Å². The average molecular weight is 352 g/mol. The summed E-state index contributed by atoms with van der Waals surface area (Å²) in [6.45, 7) is 2.75. The molecule has 2 aromatic heterocycles. The van der Waals surface area contributed by atoms with Crippen LogP contribution in [0.25, 0.3) is 21.2 Å². The van der Waals surface area contributed by atoms with E-state index in [1.807, 2.05) is 42.5 Å². The minimum Gasteiger partial charge on any atom is -0.494 e. The molecule has 0 aliphatic heterocycles. The molecular weight excluding hydrogens is 336 g/mol. The lowest BCUT2D eigenvalue weighted by Gasteiger charge is -2.02. The van der Waals surface area contributed by atoms with Gasteiger partial charge < -0.3 is 9.15 Å². The van der Waals surface area contributed by atoms with Crippen LogP contribution in [0.15, 0.2) is 52.9 Å². The molecule has 126 valence electrons. The monoisotopic (exact) mass is 352 g/mol. The lowest BCUT2D eigenvalue weighted by atomic mass is 10.2. The Kier molecular flexibility index (Phi) is 4.11. The number of thiazole rings is 1. The third kappa shape index (κ3) is 3.21. The number of ether oxygens (including phenoxy) is 1. The van der Waals surface area contributed by atoms with Crippen LogP contribution in [-0.4, -0.2) is 17.5 Å². The molecule has 0 unspecified atom stereocenters. The van der Waals surface area contributed by atoms with Crippen LogP contribution < -0.4 is 10.1 Å². The van der Waals surface area contributed by atoms with Crippen molar-refractivity contribution in [2.24, 2.45) is 0 Å². The molecule has 0 radical (unpaired) electrons. The summed E-state index contributed by atoms with van der Waals surface area (Å²) in [5.74, 6) is 0.776. The van der Waals surface area contributed by atoms with Gasteiger partial charge in [0.15, 0.2) is 10.9 Å². The first-order valence-electron chi connectivity index (χ1n) is 8.06. The number of hydrogen-bond acceptors (Lipinski definition) is 5. The lowest BCUT2D eigenvalue weighted by Crippen LogP contribution is -2.10. The van der Waals surface area contributed by atoms with Crippen molar-refractivity contribution in [1.82, 2.24) is 4.98 Å². The summed E-state index contributed by atoms with van der Waals surface area (Å²) in [7, 11) is 0. The van der Waals surface area contributed by atoms with Crippen molar-refractivity contribution >= 4 is 43.6 Å². The molecule has 0 atom stereocenters. The number of hydrogen-bond donors (Lipinski definition) is 1. The summed E-state index contributed by atoms with van der Waals surface area (Å²) >= 11 is 1.41. The van der Waals surface area contributed by atoms with Gasteiger partial charge in [0, 0.05) is 5.39 Å². The van der Waals surface area contributed by atoms with Gasteiger partial charge in [0.2, 0.25) is 0 Å². The molecule has 0 saturated carbocycles. The van der Waals surface area contributed by atoms with Gasteiger partial charge in [0.05, 0.1) is 16.8 Å². The summed E-state index contributed by atoms with van der Waals surface area (Å²) in [6.07, 6.45) is 0.958. The first-order valence-corrected chi connectivity index (χ1v) is 8.88. The molecular formula is C19H16N2O3S. The van der Waals surface area contributed by atoms with Crippen LogP contribution in [-0.2, 0) is 0 Å². The molecule has 0 bridgehead atoms. The number of benzene rings is 2. The van der Waals surface area contributed by atoms with Crippen LogP contribution in [0.2, 0.25) is 0 Å². The molecule has 1 N–H and O–H groups in total. The van der Waals surface area contributed by atoms with Crippen LogP contribution in [0, 0.1) is 0 Å². The number of carbonyl (C=O) groups is 1. The highest BCUT2D eigenvalue weighted by Gasteiger charge is 2.14. The molecule has 5 nitrogen and oxygen atoms in total. The highest BCUT2D eigenvalue weighted by molar-refractivity contribution is 7.22. The predicted molar refractivity (Wildman–Crippen MR) is 99.6 cm³/mol. The van der Waals surface area contributed by atoms with Gasteiger partial charge in [-0.25, -0.2) is 4.98 Å². The fourth-order valence-electron chi connectivity index (χ4n) is 2.52. The summed E-state index contributed by atoms with van der Waals surface area (Å²) < 4.78 is 12.2. The topological polar surface area (TPSA) is 64.4 Å². The van der Waals surface area contributed by atoms with Crippen LogP contribution in [0.4, 0.5) is 5.13 Å². The second-order valence-electron chi connectivity index (χ2n) is 5.60. The summed E-state index contributed by atoms with van der Waals surface area (Å²) in [4.78, 5) is 16.8. The van der Waals surface area contributed by atoms with E-state index in [0.717, 1.165) is 27.8 Å². The molecule has 2 aromatic carbocycles. The van der Waals surface area contributed by atoms with E-state index >= 15 is 0 Å². The fourth-order valence-corrected chi connectivity index (χ4v) is 3.41. The van der Waals surface area contributed by atoms with Crippen molar-refractivity contribution in [2.45, 2.75) is 13.3 Å². The Balaban J connectivity index is 1.56. The highest BCUT2D eigenvalue weighted by Crippen LogP contribution is 2.30. The highest BCUT2D eigenvalue weighted by atomic mass is 32.1. The molecule has 0 aliphatic rings. The van der Waals surface area contributed by atoms with Crippen LogP contribution in [0.5, 0.6) is 5.75 Å². The van der Waals surface area contributed by atoms with Crippen molar-refractivity contribution < 1.29 is 13.9 Å². The van der Waals surface area contributed by atoms with E-state index < -0.39 is 0 Å². The number of aromatic nitrogens is 1. The summed E-state index contributed by atoms with van der Waals surface area (Å²) in [5, 5.41) is 4.24. The molecule has 0 fully saturated rings. The zero-order valence-electron chi connectivity index (χ0n) is 13.6. The number of nitrogens with one attached hydrogen (secondary N) is 1. The second kappa shape index (κ2) is 6.57. The van der Waals surface area contributed by atoms with E-state index in [1.54, 1.807) is 6.07 Å². The third-order valence-electron chi connectivity index (χ3n) is 3.70. The molecule has 0 spiro atoms. The Morgan fingerprint density at radius 2 is 2.12 bits per heavy atom. The maximum atomic E-state index is 12.4. The molecule has 4 aromatic rings. The standard InChI is InChI=1S/C19H16N2O3S/c1-2-9-23-13-7-8-14-17(11-13)25-19(20-14)21-18(22)16-10-12-5-3-4-6-15(12)24-16/h3-8,10-11H,2,9H2,1H3,(H,20,21,22). The van der Waals surface area contributed by atoms with Gasteiger partial charge in [-0.15, -0.1) is 0 Å². The van der Waals surface area contributed by atoms with E-state index in [2.05, 4.69) is 17.2 Å². The minimum absolute atomic E-state index is 0.271. The normalized spacial score (nSPS) is 11.1. The van der Waals surface area contributed by atoms with Gasteiger partial charge >= 0.3 is 0 Å². The van der Waals surface area contributed by atoms with E-state index in [-0.39, 0.29) is 11.7 Å². The maximum absolute atomic E-state index is 12.4. The molecule has 6 heteroatoms. The van der Waals surface area contributed by atoms with E-state index in [0.29, 0.717) is 17.3 Å². The molecule has 25 heavy (non-hydrogen) atoms. The number of furan rings is 1. The number of anilines is 1. The molecule has 1 amide bonds. The Morgan fingerprint density at radius 1 is 1.24 bits per heavy atom. The summed E-state index contributed by atoms with van der Waals surface area (Å²) in [5.41, 5.74) is 1.52. The van der Waals surface area contributed by atoms with Crippen molar-refractivity contribution in [3.8, 4) is 5.75 Å². The largest absolute Gasteiger partial charge is 0.494 e. The van der Waals surface area contributed by atoms with Crippen LogP contribution in [0.1, 0.15) is 23.9 Å². The second-order valence-corrected chi connectivity index (χ2v) is 6.63. The van der Waals surface area contributed by atoms with Crippen LogP contribution >= 0.6 is 11.3 Å². The number of fused-ring (bicyclic) bond motifs is 2. The number of carbonyl (C=O) groups excluding carboxylic acids is 1. The van der Waals surface area contributed by atoms with Crippen LogP contribution in [0.3, 0.4) is 0 Å². The number of nitrogens with zero attached hydrogens (tertiary/aromatic N) is 1. The predicted octanol–water partition coefficient (Wildman–Crippen LogP) is 5.08. The Hall–Kier alpha value is -2.86. The lowest BCUT2D eigenvalue weighted by molar-refractivity contribution is 0.0998. The number of rotatable bonds is 5. The zero-order valence-corrected chi connectivity index (χ0v) is 14.4. The van der Waals surface area contributed by atoms with Gasteiger partial charge in [-0.3, -0.25) is 10.1 Å². The quantitative estimate of drug-likeness (QED) is 0.544. The van der Waals surface area contributed by atoms with E-state index in [9.17, 15) is 4.79 Å². The van der Waals surface area contributed by atoms with Crippen molar-refractivity contribution in [3.63, 3.8) is 0 Å². The first-order chi connectivity index (χ1) is 12.2. The Bertz CT molecular complexity index is 1020. The van der Waals surface area contributed by atoms with Crippen molar-refractivity contribution in [2.75, 3.05) is 11.9 Å². The molecule has 4 rings (SSSR count).